The van der Waals surface area contributed by atoms with Crippen molar-refractivity contribution in [3.8, 4) is 5.75 Å². The summed E-state index contributed by atoms with van der Waals surface area (Å²) in [5, 5.41) is 6.17. The van der Waals surface area contributed by atoms with Gasteiger partial charge in [0.05, 0.1) is 35.9 Å². The normalized spacial score (nSPS) is 10.3. The number of amides is 1. The Bertz CT molecular complexity index is 950. The van der Waals surface area contributed by atoms with E-state index in [-0.39, 0.29) is 11.3 Å². The number of benzene rings is 2. The minimum absolute atomic E-state index is 0.104. The van der Waals surface area contributed by atoms with E-state index in [0.29, 0.717) is 22.1 Å². The number of para-hydroxylation sites is 1. The number of methoxy groups -OCH3 is 1. The molecule has 5 nitrogen and oxygen atoms in total. The Balaban J connectivity index is 1.81. The number of ether oxygens (including phenoxy) is 1. The number of anilines is 3. The van der Waals surface area contributed by atoms with Crippen LogP contribution in [0.15, 0.2) is 60.9 Å². The maximum absolute atomic E-state index is 13.7. The van der Waals surface area contributed by atoms with Gasteiger partial charge in [-0.05, 0) is 36.4 Å². The number of nitrogens with one attached hydrogen (secondary N) is 2. The fourth-order valence-corrected chi connectivity index (χ4v) is 2.50. The molecule has 0 atom stereocenters. The molecule has 0 aliphatic carbocycles. The van der Waals surface area contributed by atoms with Crippen LogP contribution in [0.3, 0.4) is 0 Å². The highest BCUT2D eigenvalue weighted by Crippen LogP contribution is 2.30. The molecule has 2 N–H and O–H groups in total. The third-order valence-electron chi connectivity index (χ3n) is 3.56. The molecule has 0 radical (unpaired) electrons. The summed E-state index contributed by atoms with van der Waals surface area (Å²) in [5.74, 6) is -0.383. The molecule has 3 aromatic rings. The molecule has 0 saturated carbocycles. The van der Waals surface area contributed by atoms with Crippen molar-refractivity contribution < 1.29 is 13.9 Å². The Labute approximate surface area is 154 Å². The van der Waals surface area contributed by atoms with Gasteiger partial charge in [0.25, 0.3) is 5.91 Å². The van der Waals surface area contributed by atoms with Gasteiger partial charge >= 0.3 is 0 Å². The topological polar surface area (TPSA) is 63.2 Å². The lowest BCUT2D eigenvalue weighted by molar-refractivity contribution is 0.102. The maximum atomic E-state index is 13.7. The quantitative estimate of drug-likeness (QED) is 0.671. The highest BCUT2D eigenvalue weighted by atomic mass is 35.5. The van der Waals surface area contributed by atoms with Gasteiger partial charge in [0.15, 0.2) is 0 Å². The van der Waals surface area contributed by atoms with Gasteiger partial charge in [0.2, 0.25) is 0 Å². The molecule has 26 heavy (non-hydrogen) atoms. The van der Waals surface area contributed by atoms with Crippen molar-refractivity contribution in [1.82, 2.24) is 4.98 Å². The first-order valence-corrected chi connectivity index (χ1v) is 8.06. The van der Waals surface area contributed by atoms with Crippen molar-refractivity contribution in [2.24, 2.45) is 0 Å². The van der Waals surface area contributed by atoms with E-state index in [2.05, 4.69) is 15.6 Å². The number of pyridine rings is 1. The predicted octanol–water partition coefficient (Wildman–Crippen LogP) is 4.88. The van der Waals surface area contributed by atoms with Crippen molar-refractivity contribution in [2.45, 2.75) is 0 Å². The zero-order valence-electron chi connectivity index (χ0n) is 13.8. The summed E-state index contributed by atoms with van der Waals surface area (Å²) in [6, 6.07) is 12.7. The number of hydrogen-bond donors (Lipinski definition) is 2. The van der Waals surface area contributed by atoms with Gasteiger partial charge < -0.3 is 15.4 Å². The van der Waals surface area contributed by atoms with E-state index < -0.39 is 11.7 Å². The van der Waals surface area contributed by atoms with Crippen LogP contribution in [-0.4, -0.2) is 18.0 Å². The zero-order valence-corrected chi connectivity index (χ0v) is 14.5. The second-order valence-corrected chi connectivity index (χ2v) is 5.80. The molecule has 132 valence electrons. The zero-order chi connectivity index (χ0) is 18.5. The van der Waals surface area contributed by atoms with Crippen LogP contribution in [0.25, 0.3) is 0 Å². The van der Waals surface area contributed by atoms with Crippen LogP contribution in [0.5, 0.6) is 5.75 Å². The smallest absolute Gasteiger partial charge is 0.257 e. The molecular weight excluding hydrogens is 357 g/mol. The lowest BCUT2D eigenvalue weighted by atomic mass is 10.2. The fraction of sp³-hybridized carbons (Fsp3) is 0.0526. The van der Waals surface area contributed by atoms with Crippen LogP contribution in [0, 0.1) is 5.82 Å². The minimum atomic E-state index is -0.508. The van der Waals surface area contributed by atoms with E-state index >= 15 is 0 Å². The fourth-order valence-electron chi connectivity index (χ4n) is 2.32. The lowest BCUT2D eigenvalue weighted by Gasteiger charge is -2.12. The number of hydrogen-bond acceptors (Lipinski definition) is 4. The second-order valence-electron chi connectivity index (χ2n) is 5.37. The van der Waals surface area contributed by atoms with Crippen molar-refractivity contribution in [3.63, 3.8) is 0 Å². The van der Waals surface area contributed by atoms with Gasteiger partial charge in [-0.15, -0.1) is 0 Å². The first-order valence-electron chi connectivity index (χ1n) is 7.68. The number of halogens is 2. The van der Waals surface area contributed by atoms with Gasteiger partial charge in [0, 0.05) is 11.2 Å². The third kappa shape index (κ3) is 4.10. The molecule has 3 rings (SSSR count). The van der Waals surface area contributed by atoms with Crippen LogP contribution >= 0.6 is 11.6 Å². The number of carbonyl (C=O) groups excluding carboxylic acids is 1. The average Bonchev–Trinajstić information content (AvgIpc) is 2.64. The third-order valence-corrected chi connectivity index (χ3v) is 3.80. The number of nitrogens with zero attached hydrogens (tertiary/aromatic N) is 1. The molecular formula is C19H15ClFN3O2. The molecule has 0 spiro atoms. The molecule has 2 aromatic carbocycles. The molecule has 0 unspecified atom stereocenters. The summed E-state index contributed by atoms with van der Waals surface area (Å²) in [6.45, 7) is 0. The standard InChI is InChI=1S/C19H15ClFN3O2/c1-26-18-7-6-13(20)9-17(18)23-14-8-12(10-22-11-14)19(25)24-16-5-3-2-4-15(16)21/h2-11,23H,1H3,(H,24,25). The Morgan fingerprint density at radius 1 is 1.12 bits per heavy atom. The minimum Gasteiger partial charge on any atom is -0.495 e. The lowest BCUT2D eigenvalue weighted by Crippen LogP contribution is -2.13. The SMILES string of the molecule is COc1ccc(Cl)cc1Nc1cncc(C(=O)Nc2ccccc2F)c1. The van der Waals surface area contributed by atoms with E-state index in [1.807, 2.05) is 0 Å². The predicted molar refractivity (Wildman–Crippen MR) is 99.9 cm³/mol. The average molecular weight is 372 g/mol. The summed E-state index contributed by atoms with van der Waals surface area (Å²) >= 11 is 6.02. The van der Waals surface area contributed by atoms with Gasteiger partial charge in [-0.25, -0.2) is 4.39 Å². The van der Waals surface area contributed by atoms with Crippen LogP contribution in [-0.2, 0) is 0 Å². The van der Waals surface area contributed by atoms with E-state index in [9.17, 15) is 9.18 Å². The van der Waals surface area contributed by atoms with Crippen LogP contribution < -0.4 is 15.4 Å². The van der Waals surface area contributed by atoms with Crippen molar-refractivity contribution in [1.29, 1.82) is 0 Å². The number of carbonyl (C=O) groups is 1. The van der Waals surface area contributed by atoms with Crippen molar-refractivity contribution in [2.75, 3.05) is 17.7 Å². The molecule has 1 amide bonds. The summed E-state index contributed by atoms with van der Waals surface area (Å²) in [6.07, 6.45) is 2.96. The second kappa shape index (κ2) is 7.84. The molecule has 0 bridgehead atoms. The molecule has 1 heterocycles. The molecule has 0 fully saturated rings. The van der Waals surface area contributed by atoms with Gasteiger partial charge in [-0.2, -0.15) is 0 Å². The molecule has 7 heteroatoms. The molecule has 0 aliphatic rings. The summed E-state index contributed by atoms with van der Waals surface area (Å²) < 4.78 is 19.0. The summed E-state index contributed by atoms with van der Waals surface area (Å²) in [7, 11) is 1.55. The summed E-state index contributed by atoms with van der Waals surface area (Å²) in [5.41, 5.74) is 1.58. The maximum Gasteiger partial charge on any atom is 0.257 e. The molecule has 0 aliphatic heterocycles. The first-order chi connectivity index (χ1) is 12.6. The largest absolute Gasteiger partial charge is 0.495 e. The van der Waals surface area contributed by atoms with Gasteiger partial charge in [0.1, 0.15) is 11.6 Å². The van der Waals surface area contributed by atoms with Gasteiger partial charge in [-0.1, -0.05) is 23.7 Å². The van der Waals surface area contributed by atoms with Gasteiger partial charge in [-0.3, -0.25) is 9.78 Å². The first kappa shape index (κ1) is 17.7. The monoisotopic (exact) mass is 371 g/mol. The highest BCUT2D eigenvalue weighted by molar-refractivity contribution is 6.31. The van der Waals surface area contributed by atoms with E-state index in [4.69, 9.17) is 16.3 Å². The number of rotatable bonds is 5. The Hall–Kier alpha value is -3.12. The molecule has 1 aromatic heterocycles. The van der Waals surface area contributed by atoms with Crippen molar-refractivity contribution in [3.05, 3.63) is 77.3 Å². The van der Waals surface area contributed by atoms with E-state index in [0.717, 1.165) is 0 Å². The van der Waals surface area contributed by atoms with Crippen LogP contribution in [0.2, 0.25) is 5.02 Å². The Morgan fingerprint density at radius 2 is 1.92 bits per heavy atom. The van der Waals surface area contributed by atoms with Crippen LogP contribution in [0.1, 0.15) is 10.4 Å². The van der Waals surface area contributed by atoms with Crippen LogP contribution in [0.4, 0.5) is 21.5 Å². The van der Waals surface area contributed by atoms with E-state index in [1.54, 1.807) is 49.7 Å². The molecule has 0 saturated heterocycles. The Morgan fingerprint density at radius 3 is 2.69 bits per heavy atom. The van der Waals surface area contributed by atoms with E-state index in [1.165, 1.54) is 18.3 Å². The number of aromatic nitrogens is 1. The highest BCUT2D eigenvalue weighted by Gasteiger charge is 2.11. The summed E-state index contributed by atoms with van der Waals surface area (Å²) in [4.78, 5) is 16.4. The Kier molecular flexibility index (Phi) is 5.34. The van der Waals surface area contributed by atoms with Crippen molar-refractivity contribution >= 4 is 34.6 Å².